The molecule has 0 bridgehead atoms. The van der Waals surface area contributed by atoms with Crippen molar-refractivity contribution in [2.75, 3.05) is 31.9 Å². The third-order valence-corrected chi connectivity index (χ3v) is 5.96. The Balaban J connectivity index is 1.46. The Morgan fingerprint density at radius 2 is 1.54 bits per heavy atom. The van der Waals surface area contributed by atoms with Gasteiger partial charge in [-0.15, -0.1) is 11.8 Å². The van der Waals surface area contributed by atoms with Gasteiger partial charge in [0.15, 0.2) is 0 Å². The molecule has 0 aromatic heterocycles. The van der Waals surface area contributed by atoms with Crippen LogP contribution in [0.25, 0.3) is 0 Å². The van der Waals surface area contributed by atoms with Crippen molar-refractivity contribution in [2.45, 2.75) is 5.75 Å². The Kier molecular flexibility index (Phi) is 7.21. The number of carbonyl (C=O) groups is 2. The summed E-state index contributed by atoms with van der Waals surface area (Å²) in [5.74, 6) is 0.158. The van der Waals surface area contributed by atoms with E-state index in [-0.39, 0.29) is 11.5 Å². The van der Waals surface area contributed by atoms with Crippen molar-refractivity contribution in [1.29, 1.82) is 0 Å². The van der Waals surface area contributed by atoms with Crippen LogP contribution in [-0.4, -0.2) is 53.5 Å². The standard InChI is InChI=1S/C20H19Cl2FN2O2S/c21-15-3-1-14(2-4-15)12-28-13-19(26)24-7-9-25(10-8-24)20(27)17-11-16(22)5-6-18(17)23/h1-6,11H,7-10,12-13H2. The third kappa shape index (κ3) is 5.40. The van der Waals surface area contributed by atoms with E-state index in [0.29, 0.717) is 42.0 Å². The predicted molar refractivity (Wildman–Crippen MR) is 112 cm³/mol. The smallest absolute Gasteiger partial charge is 0.257 e. The van der Waals surface area contributed by atoms with E-state index in [1.807, 2.05) is 24.3 Å². The molecular formula is C20H19Cl2FN2O2S. The summed E-state index contributed by atoms with van der Waals surface area (Å²) in [4.78, 5) is 28.2. The minimum absolute atomic E-state index is 0.0363. The molecule has 0 spiro atoms. The number of hydrogen-bond donors (Lipinski definition) is 0. The van der Waals surface area contributed by atoms with E-state index >= 15 is 0 Å². The highest BCUT2D eigenvalue weighted by Gasteiger charge is 2.26. The zero-order chi connectivity index (χ0) is 20.1. The molecule has 0 atom stereocenters. The van der Waals surface area contributed by atoms with Crippen LogP contribution in [0.2, 0.25) is 10.0 Å². The van der Waals surface area contributed by atoms with Crippen molar-refractivity contribution in [3.63, 3.8) is 0 Å². The SMILES string of the molecule is O=C(CSCc1ccc(Cl)cc1)N1CCN(C(=O)c2cc(Cl)ccc2F)CC1. The zero-order valence-corrected chi connectivity index (χ0v) is 17.4. The number of rotatable bonds is 5. The summed E-state index contributed by atoms with van der Waals surface area (Å²) in [5.41, 5.74) is 1.08. The van der Waals surface area contributed by atoms with Crippen molar-refractivity contribution in [3.05, 3.63) is 69.5 Å². The normalized spacial score (nSPS) is 14.2. The van der Waals surface area contributed by atoms with Crippen molar-refractivity contribution >= 4 is 46.8 Å². The fourth-order valence-corrected chi connectivity index (χ4v) is 4.10. The lowest BCUT2D eigenvalue weighted by molar-refractivity contribution is -0.129. The average molecular weight is 441 g/mol. The molecule has 2 aromatic rings. The van der Waals surface area contributed by atoms with Crippen LogP contribution in [0.15, 0.2) is 42.5 Å². The van der Waals surface area contributed by atoms with E-state index in [2.05, 4.69) is 0 Å². The van der Waals surface area contributed by atoms with Crippen LogP contribution in [0.4, 0.5) is 4.39 Å². The third-order valence-electron chi connectivity index (χ3n) is 4.49. The second-order valence-corrected chi connectivity index (χ2v) is 8.27. The lowest BCUT2D eigenvalue weighted by atomic mass is 10.1. The van der Waals surface area contributed by atoms with Gasteiger partial charge in [0.25, 0.3) is 5.91 Å². The van der Waals surface area contributed by atoms with Crippen molar-refractivity contribution in [1.82, 2.24) is 9.80 Å². The summed E-state index contributed by atoms with van der Waals surface area (Å²) >= 11 is 13.3. The summed E-state index contributed by atoms with van der Waals surface area (Å²) in [6.07, 6.45) is 0. The number of amides is 2. The van der Waals surface area contributed by atoms with Crippen LogP contribution < -0.4 is 0 Å². The van der Waals surface area contributed by atoms with Crippen molar-refractivity contribution < 1.29 is 14.0 Å². The van der Waals surface area contributed by atoms with Gasteiger partial charge in [-0.05, 0) is 35.9 Å². The minimum atomic E-state index is -0.591. The van der Waals surface area contributed by atoms with E-state index in [9.17, 15) is 14.0 Å². The molecule has 2 amide bonds. The number of carbonyl (C=O) groups excluding carboxylic acids is 2. The number of hydrogen-bond acceptors (Lipinski definition) is 3. The van der Waals surface area contributed by atoms with Crippen LogP contribution in [0.1, 0.15) is 15.9 Å². The van der Waals surface area contributed by atoms with Crippen LogP contribution in [0.3, 0.4) is 0 Å². The summed E-state index contributed by atoms with van der Waals surface area (Å²) in [5, 5.41) is 1.01. The summed E-state index contributed by atoms with van der Waals surface area (Å²) in [6, 6.07) is 11.5. The van der Waals surface area contributed by atoms with E-state index in [0.717, 1.165) is 11.3 Å². The number of piperazine rings is 1. The van der Waals surface area contributed by atoms with E-state index in [1.165, 1.54) is 18.2 Å². The number of halogens is 3. The first-order chi connectivity index (χ1) is 13.4. The first-order valence-corrected chi connectivity index (χ1v) is 10.7. The molecule has 28 heavy (non-hydrogen) atoms. The van der Waals surface area contributed by atoms with Gasteiger partial charge in [-0.3, -0.25) is 9.59 Å². The molecule has 0 N–H and O–H groups in total. The minimum Gasteiger partial charge on any atom is -0.338 e. The zero-order valence-electron chi connectivity index (χ0n) is 15.0. The van der Waals surface area contributed by atoms with Crippen LogP contribution in [-0.2, 0) is 10.5 Å². The average Bonchev–Trinajstić information content (AvgIpc) is 2.71. The van der Waals surface area contributed by atoms with Gasteiger partial charge in [0.1, 0.15) is 5.82 Å². The van der Waals surface area contributed by atoms with Gasteiger partial charge in [0, 0.05) is 42.0 Å². The maximum Gasteiger partial charge on any atom is 0.257 e. The van der Waals surface area contributed by atoms with Crippen LogP contribution >= 0.6 is 35.0 Å². The molecule has 3 rings (SSSR count). The predicted octanol–water partition coefficient (Wildman–Crippen LogP) is 4.35. The molecule has 2 aromatic carbocycles. The first kappa shape index (κ1) is 21.0. The molecule has 1 aliphatic heterocycles. The maximum absolute atomic E-state index is 13.9. The molecule has 4 nitrogen and oxygen atoms in total. The monoisotopic (exact) mass is 440 g/mol. The largest absolute Gasteiger partial charge is 0.338 e. The molecule has 0 radical (unpaired) electrons. The fraction of sp³-hybridized carbons (Fsp3) is 0.300. The Morgan fingerprint density at radius 3 is 2.21 bits per heavy atom. The van der Waals surface area contributed by atoms with E-state index in [4.69, 9.17) is 23.2 Å². The lowest BCUT2D eigenvalue weighted by Crippen LogP contribution is -2.51. The van der Waals surface area contributed by atoms with Gasteiger partial charge in [0.2, 0.25) is 5.91 Å². The van der Waals surface area contributed by atoms with Crippen molar-refractivity contribution in [3.8, 4) is 0 Å². The number of thioether (sulfide) groups is 1. The molecule has 1 aliphatic rings. The van der Waals surface area contributed by atoms with E-state index in [1.54, 1.807) is 21.6 Å². The van der Waals surface area contributed by atoms with Crippen molar-refractivity contribution in [2.24, 2.45) is 0 Å². The Hall–Kier alpha value is -1.76. The Bertz CT molecular complexity index is 856. The number of benzene rings is 2. The summed E-state index contributed by atoms with van der Waals surface area (Å²) < 4.78 is 13.9. The highest BCUT2D eigenvalue weighted by molar-refractivity contribution is 7.99. The van der Waals surface area contributed by atoms with E-state index < -0.39 is 11.7 Å². The molecule has 1 fully saturated rings. The Labute approximate surface area is 177 Å². The van der Waals surface area contributed by atoms with Gasteiger partial charge in [-0.1, -0.05) is 35.3 Å². The number of nitrogens with zero attached hydrogens (tertiary/aromatic N) is 2. The maximum atomic E-state index is 13.9. The van der Waals surface area contributed by atoms with Gasteiger partial charge in [-0.2, -0.15) is 0 Å². The molecule has 0 aliphatic carbocycles. The first-order valence-electron chi connectivity index (χ1n) is 8.78. The lowest BCUT2D eigenvalue weighted by Gasteiger charge is -2.34. The van der Waals surface area contributed by atoms with Crippen LogP contribution in [0, 0.1) is 5.82 Å². The topological polar surface area (TPSA) is 40.6 Å². The van der Waals surface area contributed by atoms with Crippen LogP contribution in [0.5, 0.6) is 0 Å². The van der Waals surface area contributed by atoms with Gasteiger partial charge >= 0.3 is 0 Å². The highest BCUT2D eigenvalue weighted by Crippen LogP contribution is 2.19. The quantitative estimate of drug-likeness (QED) is 0.693. The molecular weight excluding hydrogens is 422 g/mol. The molecule has 0 saturated carbocycles. The van der Waals surface area contributed by atoms with Gasteiger partial charge in [-0.25, -0.2) is 4.39 Å². The molecule has 1 heterocycles. The summed E-state index contributed by atoms with van der Waals surface area (Å²) in [6.45, 7) is 1.62. The van der Waals surface area contributed by atoms with Gasteiger partial charge < -0.3 is 9.80 Å². The Morgan fingerprint density at radius 1 is 0.929 bits per heavy atom. The molecule has 148 valence electrons. The second kappa shape index (κ2) is 9.63. The molecule has 1 saturated heterocycles. The van der Waals surface area contributed by atoms with Gasteiger partial charge in [0.05, 0.1) is 11.3 Å². The summed E-state index contributed by atoms with van der Waals surface area (Å²) in [7, 11) is 0. The second-order valence-electron chi connectivity index (χ2n) is 6.42. The fourth-order valence-electron chi connectivity index (χ4n) is 2.92. The highest BCUT2D eigenvalue weighted by atomic mass is 35.5. The molecule has 8 heteroatoms. The molecule has 0 unspecified atom stereocenters.